The number of fused-ring (bicyclic) bond motifs is 3. The molecule has 0 saturated carbocycles. The number of imide groups is 1. The first-order chi connectivity index (χ1) is 14.9. The van der Waals surface area contributed by atoms with Gasteiger partial charge in [0.05, 0.1) is 28.5 Å². The van der Waals surface area contributed by atoms with Crippen LogP contribution >= 0.6 is 0 Å². The number of nitrogens with zero attached hydrogens (tertiary/aromatic N) is 3. The van der Waals surface area contributed by atoms with E-state index in [1.165, 1.54) is 18.2 Å². The Morgan fingerprint density at radius 1 is 1.06 bits per heavy atom. The maximum atomic E-state index is 13.6. The Morgan fingerprint density at radius 3 is 2.48 bits per heavy atom. The maximum absolute atomic E-state index is 13.6. The smallest absolute Gasteiger partial charge is 0.271 e. The topological polar surface area (TPSA) is 101 Å². The van der Waals surface area contributed by atoms with Crippen LogP contribution in [0.4, 0.5) is 11.4 Å². The molecule has 2 aromatic carbocycles. The molecule has 0 unspecified atom stereocenters. The molecule has 2 amide bonds. The molecular formula is C23H21N3O5. The number of benzene rings is 2. The first-order valence-corrected chi connectivity index (χ1v) is 10.4. The summed E-state index contributed by atoms with van der Waals surface area (Å²) in [6, 6.07) is 12.1. The largest absolute Gasteiger partial charge is 0.292 e. The third-order valence-corrected chi connectivity index (χ3v) is 6.82. The average molecular weight is 419 g/mol. The number of hydrogen-bond donors (Lipinski definition) is 0. The molecule has 2 aromatic rings. The highest BCUT2D eigenvalue weighted by molar-refractivity contribution is 6.25. The number of carbonyl (C=O) groups is 3. The minimum Gasteiger partial charge on any atom is -0.292 e. The van der Waals surface area contributed by atoms with Crippen LogP contribution in [-0.4, -0.2) is 46.0 Å². The number of non-ortho nitro benzene ring substituents is 1. The van der Waals surface area contributed by atoms with Gasteiger partial charge in [0.2, 0.25) is 11.8 Å². The quantitative estimate of drug-likeness (QED) is 0.327. The molecule has 0 bridgehead atoms. The van der Waals surface area contributed by atoms with E-state index in [-0.39, 0.29) is 29.1 Å². The molecule has 5 rings (SSSR count). The van der Waals surface area contributed by atoms with Crippen molar-refractivity contribution in [1.29, 1.82) is 0 Å². The van der Waals surface area contributed by atoms with Crippen LogP contribution < -0.4 is 4.90 Å². The molecule has 0 radical (unpaired) electrons. The molecule has 0 aromatic heterocycles. The van der Waals surface area contributed by atoms with Crippen molar-refractivity contribution in [1.82, 2.24) is 4.90 Å². The summed E-state index contributed by atoms with van der Waals surface area (Å²) in [4.78, 5) is 54.3. The Labute approximate surface area is 178 Å². The SMILES string of the molecule is Cc1ccc([N+](=O)[O-])cc1N1C(=O)[C@@H]2[C@H](C1=O)[C@H](C(=O)c1ccccc1)N1CCC[C@H]21. The Hall–Kier alpha value is -3.39. The predicted molar refractivity (Wildman–Crippen MR) is 112 cm³/mol. The normalized spacial score (nSPS) is 27.5. The maximum Gasteiger partial charge on any atom is 0.271 e. The van der Waals surface area contributed by atoms with Gasteiger partial charge in [0.25, 0.3) is 5.69 Å². The van der Waals surface area contributed by atoms with E-state index in [9.17, 15) is 24.5 Å². The van der Waals surface area contributed by atoms with E-state index in [4.69, 9.17) is 0 Å². The highest BCUT2D eigenvalue weighted by atomic mass is 16.6. The van der Waals surface area contributed by atoms with Crippen LogP contribution in [0.2, 0.25) is 0 Å². The van der Waals surface area contributed by atoms with Crippen molar-refractivity contribution in [3.05, 3.63) is 69.8 Å². The van der Waals surface area contributed by atoms with Gasteiger partial charge in [-0.05, 0) is 31.9 Å². The Morgan fingerprint density at radius 2 is 1.77 bits per heavy atom. The van der Waals surface area contributed by atoms with Crippen molar-refractivity contribution in [2.45, 2.75) is 31.8 Å². The van der Waals surface area contributed by atoms with Crippen LogP contribution in [-0.2, 0) is 9.59 Å². The number of ketones is 1. The average Bonchev–Trinajstić information content (AvgIpc) is 3.41. The fourth-order valence-electron chi connectivity index (χ4n) is 5.48. The van der Waals surface area contributed by atoms with E-state index >= 15 is 0 Å². The molecule has 3 aliphatic heterocycles. The molecule has 158 valence electrons. The van der Waals surface area contributed by atoms with E-state index in [0.717, 1.165) is 17.7 Å². The summed E-state index contributed by atoms with van der Waals surface area (Å²) in [5.41, 5.74) is 1.16. The van der Waals surface area contributed by atoms with Crippen molar-refractivity contribution >= 4 is 29.0 Å². The highest BCUT2D eigenvalue weighted by Gasteiger charge is 2.64. The van der Waals surface area contributed by atoms with Crippen molar-refractivity contribution in [3.63, 3.8) is 0 Å². The van der Waals surface area contributed by atoms with Gasteiger partial charge in [-0.15, -0.1) is 0 Å². The van der Waals surface area contributed by atoms with Gasteiger partial charge in [-0.3, -0.25) is 29.4 Å². The lowest BCUT2D eigenvalue weighted by atomic mass is 9.85. The van der Waals surface area contributed by atoms with Crippen molar-refractivity contribution in [2.75, 3.05) is 11.4 Å². The first-order valence-electron chi connectivity index (χ1n) is 10.4. The summed E-state index contributed by atoms with van der Waals surface area (Å²) in [7, 11) is 0. The van der Waals surface area contributed by atoms with Crippen molar-refractivity contribution < 1.29 is 19.3 Å². The van der Waals surface area contributed by atoms with Crippen LogP contribution in [0.5, 0.6) is 0 Å². The zero-order valence-corrected chi connectivity index (χ0v) is 16.9. The fourth-order valence-corrected chi connectivity index (χ4v) is 5.48. The van der Waals surface area contributed by atoms with Gasteiger partial charge in [-0.2, -0.15) is 0 Å². The predicted octanol–water partition coefficient (Wildman–Crippen LogP) is 2.74. The first kappa shape index (κ1) is 19.6. The molecule has 3 fully saturated rings. The molecule has 3 saturated heterocycles. The molecule has 0 aliphatic carbocycles. The second-order valence-corrected chi connectivity index (χ2v) is 8.41. The van der Waals surface area contributed by atoms with Crippen molar-refractivity contribution in [2.24, 2.45) is 11.8 Å². The van der Waals surface area contributed by atoms with Crippen LogP contribution in [0.1, 0.15) is 28.8 Å². The molecule has 3 aliphatic rings. The third-order valence-electron chi connectivity index (χ3n) is 6.82. The minimum atomic E-state index is -0.774. The van der Waals surface area contributed by atoms with Gasteiger partial charge in [0.15, 0.2) is 5.78 Å². The highest BCUT2D eigenvalue weighted by Crippen LogP contribution is 2.49. The zero-order valence-electron chi connectivity index (χ0n) is 16.9. The summed E-state index contributed by atoms with van der Waals surface area (Å²) in [5.74, 6) is -2.34. The number of hydrogen-bond acceptors (Lipinski definition) is 6. The fraction of sp³-hybridized carbons (Fsp3) is 0.348. The van der Waals surface area contributed by atoms with Crippen LogP contribution in [0.25, 0.3) is 0 Å². The van der Waals surface area contributed by atoms with Crippen LogP contribution in [0.3, 0.4) is 0 Å². The second-order valence-electron chi connectivity index (χ2n) is 8.41. The summed E-state index contributed by atoms with van der Waals surface area (Å²) in [6.07, 6.45) is 1.62. The van der Waals surface area contributed by atoms with Gasteiger partial charge in [0.1, 0.15) is 0 Å². The second kappa shape index (κ2) is 7.09. The van der Waals surface area contributed by atoms with Crippen LogP contribution in [0, 0.1) is 28.9 Å². The van der Waals surface area contributed by atoms with Crippen molar-refractivity contribution in [3.8, 4) is 0 Å². The van der Waals surface area contributed by atoms with Gasteiger partial charge in [-0.25, -0.2) is 4.90 Å². The van der Waals surface area contributed by atoms with E-state index in [1.54, 1.807) is 31.2 Å². The van der Waals surface area contributed by atoms with E-state index in [0.29, 0.717) is 17.7 Å². The molecule has 31 heavy (non-hydrogen) atoms. The molecular weight excluding hydrogens is 398 g/mol. The summed E-state index contributed by atoms with van der Waals surface area (Å²) in [5, 5.41) is 11.3. The van der Waals surface area contributed by atoms with E-state index in [1.807, 2.05) is 11.0 Å². The van der Waals surface area contributed by atoms with Crippen LogP contribution in [0.15, 0.2) is 48.5 Å². The molecule has 0 spiro atoms. The monoisotopic (exact) mass is 419 g/mol. The zero-order chi connectivity index (χ0) is 21.9. The Bertz CT molecular complexity index is 1120. The molecule has 3 heterocycles. The van der Waals surface area contributed by atoms with E-state index in [2.05, 4.69) is 0 Å². The molecule has 0 N–H and O–H groups in total. The summed E-state index contributed by atoms with van der Waals surface area (Å²) in [6.45, 7) is 2.39. The number of anilines is 1. The number of aryl methyl sites for hydroxylation is 1. The molecule has 8 heteroatoms. The number of nitro groups is 1. The van der Waals surface area contributed by atoms with Gasteiger partial charge < -0.3 is 0 Å². The summed E-state index contributed by atoms with van der Waals surface area (Å²) < 4.78 is 0. The van der Waals surface area contributed by atoms with Gasteiger partial charge in [-0.1, -0.05) is 36.4 Å². The summed E-state index contributed by atoms with van der Waals surface area (Å²) >= 11 is 0. The Balaban J connectivity index is 1.58. The van der Waals surface area contributed by atoms with Gasteiger partial charge >= 0.3 is 0 Å². The lowest BCUT2D eigenvalue weighted by Crippen LogP contribution is -2.46. The number of nitro benzene ring substituents is 1. The number of Topliss-reactive ketones (excluding diaryl/α,β-unsaturated/α-hetero) is 1. The minimum absolute atomic E-state index is 0.154. The van der Waals surface area contributed by atoms with Gasteiger partial charge in [0, 0.05) is 23.7 Å². The standard InChI is InChI=1S/C23H21N3O5/c1-13-9-10-15(26(30)31)12-17(13)25-22(28)18-16-8-5-11-24(16)20(19(18)23(25)29)21(27)14-6-3-2-4-7-14/h2-4,6-7,9-10,12,16,18-20H,5,8,11H2,1H3/t16-,18+,19+,20-/m1/s1. The lowest BCUT2D eigenvalue weighted by molar-refractivity contribution is -0.384. The molecule has 4 atom stereocenters. The van der Waals surface area contributed by atoms with E-state index < -0.39 is 28.7 Å². The number of carbonyl (C=O) groups excluding carboxylic acids is 3. The molecule has 8 nitrogen and oxygen atoms in total. The third kappa shape index (κ3) is 2.82. The Kier molecular flexibility index (Phi) is 4.48. The number of rotatable bonds is 4. The number of amides is 2. The lowest BCUT2D eigenvalue weighted by Gasteiger charge is -2.28.